The van der Waals surface area contributed by atoms with Crippen molar-refractivity contribution in [1.82, 2.24) is 0 Å². The molecular formula is ReS7-14. The van der Waals surface area contributed by atoms with Crippen LogP contribution in [0.5, 0.6) is 0 Å². The van der Waals surface area contributed by atoms with Crippen LogP contribution < -0.4 is 0 Å². The zero-order valence-electron chi connectivity index (χ0n) is 3.24. The van der Waals surface area contributed by atoms with Crippen molar-refractivity contribution in [1.29, 1.82) is 0 Å². The van der Waals surface area contributed by atoms with Gasteiger partial charge < -0.3 is 94.5 Å². The minimum atomic E-state index is 0. The predicted molar refractivity (Wildman–Crippen MR) is 51.6 cm³/mol. The van der Waals surface area contributed by atoms with E-state index in [9.17, 15) is 0 Å². The Bertz CT molecular complexity index is 4.35. The summed E-state index contributed by atoms with van der Waals surface area (Å²) < 4.78 is 0. The Morgan fingerprint density at radius 3 is 0.250 bits per heavy atom. The summed E-state index contributed by atoms with van der Waals surface area (Å²) in [5, 5.41) is 0. The molecule has 0 saturated heterocycles. The molecule has 8 heavy (non-hydrogen) atoms. The summed E-state index contributed by atoms with van der Waals surface area (Å²) in [6, 6.07) is 0. The van der Waals surface area contributed by atoms with Crippen molar-refractivity contribution in [3.8, 4) is 0 Å². The summed E-state index contributed by atoms with van der Waals surface area (Å²) in [4.78, 5) is 0. The van der Waals surface area contributed by atoms with Gasteiger partial charge in [-0.05, 0) is 0 Å². The standard InChI is InChI=1S/Re.7S/q;7*-2. The van der Waals surface area contributed by atoms with Gasteiger partial charge in [0.05, 0.1) is 0 Å². The summed E-state index contributed by atoms with van der Waals surface area (Å²) in [6.45, 7) is 0. The maximum Gasteiger partial charge on any atom is 0 e. The third-order valence-corrected chi connectivity index (χ3v) is 0. The molecule has 63 valence electrons. The van der Waals surface area contributed by atoms with Crippen molar-refractivity contribution < 1.29 is 20.4 Å². The van der Waals surface area contributed by atoms with Crippen LogP contribution in [0.2, 0.25) is 0 Å². The Hall–Kier alpha value is 3.11. The first-order chi connectivity index (χ1) is 0. The Morgan fingerprint density at radius 1 is 0.250 bits per heavy atom. The molecule has 8 heteroatoms. The average Bonchev–Trinajstić information content (AvgIpc) is 0. The van der Waals surface area contributed by atoms with Crippen LogP contribution in [0.25, 0.3) is 0 Å². The Labute approximate surface area is 113 Å². The van der Waals surface area contributed by atoms with Gasteiger partial charge in [0.2, 0.25) is 0 Å². The van der Waals surface area contributed by atoms with E-state index >= 15 is 0 Å². The molecular weight excluding hydrogens is 411 g/mol. The van der Waals surface area contributed by atoms with Gasteiger partial charge in [-0.1, -0.05) is 0 Å². The SMILES string of the molecule is [Re].[S-2].[S-2].[S-2].[S-2].[S-2].[S-2].[S-2]. The van der Waals surface area contributed by atoms with E-state index in [1.54, 1.807) is 0 Å². The third kappa shape index (κ3) is 61.9. The van der Waals surface area contributed by atoms with Crippen LogP contribution >= 0.6 is 0 Å². The maximum absolute atomic E-state index is 0. The topological polar surface area (TPSA) is 0 Å². The van der Waals surface area contributed by atoms with Crippen molar-refractivity contribution >= 4 is 94.5 Å². The Kier molecular flexibility index (Phi) is 1270. The molecule has 0 amide bonds. The van der Waals surface area contributed by atoms with Crippen LogP contribution in [0.3, 0.4) is 0 Å². The van der Waals surface area contributed by atoms with Crippen LogP contribution in [0.4, 0.5) is 0 Å². The number of rotatable bonds is 0. The van der Waals surface area contributed by atoms with Crippen LogP contribution in [-0.2, 0) is 115 Å². The first-order valence-corrected chi connectivity index (χ1v) is 0. The van der Waals surface area contributed by atoms with Gasteiger partial charge in [0, 0.05) is 20.4 Å². The van der Waals surface area contributed by atoms with Crippen molar-refractivity contribution in [2.45, 2.75) is 0 Å². The van der Waals surface area contributed by atoms with Gasteiger partial charge in [-0.2, -0.15) is 0 Å². The van der Waals surface area contributed by atoms with Gasteiger partial charge >= 0.3 is 0 Å². The maximum atomic E-state index is 0. The van der Waals surface area contributed by atoms with E-state index in [0.29, 0.717) is 0 Å². The summed E-state index contributed by atoms with van der Waals surface area (Å²) in [6.07, 6.45) is 0. The third-order valence-electron chi connectivity index (χ3n) is 0. The van der Waals surface area contributed by atoms with E-state index in [0.717, 1.165) is 0 Å². The van der Waals surface area contributed by atoms with Gasteiger partial charge in [0.15, 0.2) is 0 Å². The fraction of sp³-hybridized carbons (Fsp3) is 0. The summed E-state index contributed by atoms with van der Waals surface area (Å²) >= 11 is 0. The normalized spacial score (nSPS) is 0. The van der Waals surface area contributed by atoms with E-state index in [2.05, 4.69) is 0 Å². The molecule has 0 unspecified atom stereocenters. The van der Waals surface area contributed by atoms with Crippen molar-refractivity contribution in [2.75, 3.05) is 0 Å². The van der Waals surface area contributed by atoms with E-state index in [-0.39, 0.29) is 115 Å². The molecule has 0 spiro atoms. The molecule has 0 aromatic carbocycles. The van der Waals surface area contributed by atoms with Gasteiger partial charge in [0.25, 0.3) is 0 Å². The number of hydrogen-bond donors (Lipinski definition) is 0. The first-order valence-electron chi connectivity index (χ1n) is 0. The monoisotopic (exact) mass is 411 g/mol. The van der Waals surface area contributed by atoms with Gasteiger partial charge in [-0.25, -0.2) is 0 Å². The second-order valence-corrected chi connectivity index (χ2v) is 0. The van der Waals surface area contributed by atoms with Gasteiger partial charge in [0.1, 0.15) is 0 Å². The molecule has 0 aliphatic heterocycles. The Balaban J connectivity index is 0. The average molecular weight is 411 g/mol. The van der Waals surface area contributed by atoms with Crippen LogP contribution in [0.15, 0.2) is 0 Å². The molecule has 1 radical (unpaired) electrons. The molecule has 0 N–H and O–H groups in total. The van der Waals surface area contributed by atoms with E-state index in [1.807, 2.05) is 0 Å². The first kappa shape index (κ1) is 117. The van der Waals surface area contributed by atoms with Crippen molar-refractivity contribution in [3.05, 3.63) is 0 Å². The van der Waals surface area contributed by atoms with Gasteiger partial charge in [-0.3, -0.25) is 0 Å². The molecule has 0 nitrogen and oxygen atoms in total. The second-order valence-electron chi connectivity index (χ2n) is 0. The van der Waals surface area contributed by atoms with Crippen molar-refractivity contribution in [3.63, 3.8) is 0 Å². The van der Waals surface area contributed by atoms with Crippen LogP contribution in [0, 0.1) is 0 Å². The molecule has 0 atom stereocenters. The molecule has 0 fully saturated rings. The molecule has 0 heterocycles. The zero-order valence-corrected chi connectivity index (χ0v) is 11.7. The van der Waals surface area contributed by atoms with Gasteiger partial charge in [-0.15, -0.1) is 0 Å². The molecule has 0 aromatic rings. The Morgan fingerprint density at radius 2 is 0.250 bits per heavy atom. The largest absolute Gasteiger partial charge is 2.00 e. The molecule has 0 rings (SSSR count). The van der Waals surface area contributed by atoms with E-state index < -0.39 is 0 Å². The minimum Gasteiger partial charge on any atom is -2.00 e. The summed E-state index contributed by atoms with van der Waals surface area (Å²) in [7, 11) is 0. The summed E-state index contributed by atoms with van der Waals surface area (Å²) in [5.74, 6) is 0. The fourth-order valence-electron chi connectivity index (χ4n) is 0. The molecule has 0 aliphatic carbocycles. The van der Waals surface area contributed by atoms with E-state index in [1.165, 1.54) is 0 Å². The minimum absolute atomic E-state index is 0. The molecule has 0 aliphatic rings. The second kappa shape index (κ2) is 86.7. The molecule has 0 bridgehead atoms. The van der Waals surface area contributed by atoms with Crippen LogP contribution in [-0.4, -0.2) is 0 Å². The molecule has 0 aromatic heterocycles. The summed E-state index contributed by atoms with van der Waals surface area (Å²) in [5.41, 5.74) is 0. The van der Waals surface area contributed by atoms with Crippen molar-refractivity contribution in [2.24, 2.45) is 0 Å². The van der Waals surface area contributed by atoms with Crippen LogP contribution in [0.1, 0.15) is 0 Å². The molecule has 0 saturated carbocycles. The fourth-order valence-corrected chi connectivity index (χ4v) is 0. The number of hydrogen-bond acceptors (Lipinski definition) is 0. The quantitative estimate of drug-likeness (QED) is 0.527. The van der Waals surface area contributed by atoms with E-state index in [4.69, 9.17) is 0 Å². The smallest absolute Gasteiger partial charge is 0 e. The predicted octanol–water partition coefficient (Wildman–Crippen LogP) is -0.0193. The zero-order chi connectivity index (χ0) is 0.